The van der Waals surface area contributed by atoms with Gasteiger partial charge in [0.25, 0.3) is 11.6 Å². The van der Waals surface area contributed by atoms with Crippen molar-refractivity contribution in [3.8, 4) is 0 Å². The van der Waals surface area contributed by atoms with Gasteiger partial charge in [-0.1, -0.05) is 12.1 Å². The van der Waals surface area contributed by atoms with Crippen LogP contribution in [0.2, 0.25) is 0 Å². The predicted molar refractivity (Wildman–Crippen MR) is 79.0 cm³/mol. The molecule has 0 aromatic heterocycles. The second-order valence-electron chi connectivity index (χ2n) is 4.14. The van der Waals surface area contributed by atoms with Crippen molar-refractivity contribution in [3.05, 3.63) is 69.8 Å². The first-order valence-corrected chi connectivity index (χ1v) is 6.00. The third-order valence-electron chi connectivity index (χ3n) is 2.69. The van der Waals surface area contributed by atoms with Gasteiger partial charge in [-0.2, -0.15) is 5.10 Å². The molecule has 2 rings (SSSR count). The lowest BCUT2D eigenvalue weighted by Crippen LogP contribution is -2.18. The van der Waals surface area contributed by atoms with Gasteiger partial charge in [-0.05, 0) is 29.8 Å². The number of anilines is 1. The number of nitro benzene ring substituents is 1. The number of carbonyl (C=O) groups excluding carboxylic acids is 1. The smallest absolute Gasteiger partial charge is 0.273 e. The molecule has 7 heteroatoms. The highest BCUT2D eigenvalue weighted by Gasteiger charge is 2.07. The molecule has 0 spiro atoms. The van der Waals surface area contributed by atoms with Crippen molar-refractivity contribution in [2.75, 3.05) is 5.73 Å². The fourth-order valence-electron chi connectivity index (χ4n) is 1.61. The Kier molecular flexibility index (Phi) is 4.25. The fraction of sp³-hybridized carbons (Fsp3) is 0. The van der Waals surface area contributed by atoms with E-state index >= 15 is 0 Å². The van der Waals surface area contributed by atoms with E-state index in [-0.39, 0.29) is 5.69 Å². The number of amides is 1. The van der Waals surface area contributed by atoms with Crippen molar-refractivity contribution in [2.24, 2.45) is 5.10 Å². The molecule has 0 aliphatic heterocycles. The van der Waals surface area contributed by atoms with Crippen molar-refractivity contribution in [2.45, 2.75) is 0 Å². The summed E-state index contributed by atoms with van der Waals surface area (Å²) in [5.41, 5.74) is 9.33. The van der Waals surface area contributed by atoms with Crippen LogP contribution < -0.4 is 11.2 Å². The summed E-state index contributed by atoms with van der Waals surface area (Å²) in [6.45, 7) is 0. The van der Waals surface area contributed by atoms with Gasteiger partial charge in [-0.25, -0.2) is 5.43 Å². The number of carbonyl (C=O) groups is 1. The van der Waals surface area contributed by atoms with Gasteiger partial charge < -0.3 is 5.73 Å². The van der Waals surface area contributed by atoms with Crippen molar-refractivity contribution in [1.29, 1.82) is 0 Å². The SMILES string of the molecule is Nc1ccccc1C(=O)NN=Cc1ccc([N+](=O)[O-])cc1. The van der Waals surface area contributed by atoms with Crippen LogP contribution in [0.1, 0.15) is 15.9 Å². The Bertz CT molecular complexity index is 696. The molecule has 2 aromatic carbocycles. The number of nitrogens with two attached hydrogens (primary N) is 1. The lowest BCUT2D eigenvalue weighted by molar-refractivity contribution is -0.384. The molecule has 0 aliphatic carbocycles. The number of hydrogen-bond acceptors (Lipinski definition) is 5. The zero-order valence-corrected chi connectivity index (χ0v) is 10.9. The molecule has 0 saturated heterocycles. The number of nitrogen functional groups attached to an aromatic ring is 1. The molecule has 0 bridgehead atoms. The van der Waals surface area contributed by atoms with Crippen molar-refractivity contribution in [1.82, 2.24) is 5.43 Å². The van der Waals surface area contributed by atoms with E-state index in [0.29, 0.717) is 16.8 Å². The van der Waals surface area contributed by atoms with Crippen LogP contribution in [-0.4, -0.2) is 17.0 Å². The second kappa shape index (κ2) is 6.29. The van der Waals surface area contributed by atoms with Crippen LogP contribution in [-0.2, 0) is 0 Å². The minimum atomic E-state index is -0.485. The summed E-state index contributed by atoms with van der Waals surface area (Å²) >= 11 is 0. The molecule has 1 amide bonds. The lowest BCUT2D eigenvalue weighted by Gasteiger charge is -2.02. The van der Waals surface area contributed by atoms with E-state index in [4.69, 9.17) is 5.73 Å². The first-order chi connectivity index (χ1) is 10.1. The first-order valence-electron chi connectivity index (χ1n) is 6.00. The van der Waals surface area contributed by atoms with E-state index in [1.807, 2.05) is 0 Å². The van der Waals surface area contributed by atoms with Gasteiger partial charge in [-0.15, -0.1) is 0 Å². The molecule has 21 heavy (non-hydrogen) atoms. The summed E-state index contributed by atoms with van der Waals surface area (Å²) in [4.78, 5) is 21.8. The van der Waals surface area contributed by atoms with E-state index in [9.17, 15) is 14.9 Å². The van der Waals surface area contributed by atoms with E-state index in [0.717, 1.165) is 0 Å². The van der Waals surface area contributed by atoms with Crippen LogP contribution in [0.3, 0.4) is 0 Å². The van der Waals surface area contributed by atoms with Crippen LogP contribution in [0, 0.1) is 10.1 Å². The van der Waals surface area contributed by atoms with Crippen LogP contribution >= 0.6 is 0 Å². The van der Waals surface area contributed by atoms with E-state index in [2.05, 4.69) is 10.5 Å². The number of para-hydroxylation sites is 1. The maximum absolute atomic E-state index is 11.8. The molecule has 0 unspecified atom stereocenters. The van der Waals surface area contributed by atoms with Crippen molar-refractivity contribution in [3.63, 3.8) is 0 Å². The maximum atomic E-state index is 11.8. The standard InChI is InChI=1S/C14H12N4O3/c15-13-4-2-1-3-12(13)14(19)17-16-9-10-5-7-11(8-6-10)18(20)21/h1-9H,15H2,(H,17,19). The van der Waals surface area contributed by atoms with Gasteiger partial charge in [0.1, 0.15) is 0 Å². The zero-order valence-electron chi connectivity index (χ0n) is 10.9. The topological polar surface area (TPSA) is 111 Å². The molecule has 7 nitrogen and oxygen atoms in total. The van der Waals surface area contributed by atoms with Crippen LogP contribution in [0.25, 0.3) is 0 Å². The third-order valence-corrected chi connectivity index (χ3v) is 2.69. The Morgan fingerprint density at radius 2 is 1.86 bits per heavy atom. The van der Waals surface area contributed by atoms with Gasteiger partial charge in [0.15, 0.2) is 0 Å². The number of nitrogens with zero attached hydrogens (tertiary/aromatic N) is 2. The molecule has 0 radical (unpaired) electrons. The molecule has 0 heterocycles. The first kappa shape index (κ1) is 14.2. The van der Waals surface area contributed by atoms with Gasteiger partial charge in [-0.3, -0.25) is 14.9 Å². The number of hydrogen-bond donors (Lipinski definition) is 2. The Hall–Kier alpha value is -3.22. The quantitative estimate of drug-likeness (QED) is 0.387. The zero-order chi connectivity index (χ0) is 15.2. The number of rotatable bonds is 4. The average molecular weight is 284 g/mol. The summed E-state index contributed by atoms with van der Waals surface area (Å²) in [7, 11) is 0. The number of hydrazone groups is 1. The Morgan fingerprint density at radius 3 is 2.48 bits per heavy atom. The summed E-state index contributed by atoms with van der Waals surface area (Å²) in [6, 6.07) is 12.4. The number of non-ortho nitro benzene ring substituents is 1. The highest BCUT2D eigenvalue weighted by atomic mass is 16.6. The monoisotopic (exact) mass is 284 g/mol. The van der Waals surface area contributed by atoms with Crippen molar-refractivity contribution < 1.29 is 9.72 Å². The van der Waals surface area contributed by atoms with E-state index < -0.39 is 10.8 Å². The number of nitro groups is 1. The Balaban J connectivity index is 2.01. The molecule has 3 N–H and O–H groups in total. The van der Waals surface area contributed by atoms with Crippen LogP contribution in [0.15, 0.2) is 53.6 Å². The van der Waals surface area contributed by atoms with E-state index in [1.54, 1.807) is 24.3 Å². The van der Waals surface area contributed by atoms with Crippen LogP contribution in [0.5, 0.6) is 0 Å². The molecule has 0 saturated carbocycles. The lowest BCUT2D eigenvalue weighted by atomic mass is 10.2. The molecule has 2 aromatic rings. The minimum Gasteiger partial charge on any atom is -0.398 e. The molecule has 0 fully saturated rings. The van der Waals surface area contributed by atoms with Gasteiger partial charge >= 0.3 is 0 Å². The summed E-state index contributed by atoms with van der Waals surface area (Å²) < 4.78 is 0. The third kappa shape index (κ3) is 3.63. The van der Waals surface area contributed by atoms with E-state index in [1.165, 1.54) is 30.5 Å². The minimum absolute atomic E-state index is 0.00625. The largest absolute Gasteiger partial charge is 0.398 e. The predicted octanol–water partition coefficient (Wildman–Crippen LogP) is 1.94. The highest BCUT2D eigenvalue weighted by Crippen LogP contribution is 2.11. The summed E-state index contributed by atoms with van der Waals surface area (Å²) in [5, 5.41) is 14.3. The molecule has 0 aliphatic rings. The summed E-state index contributed by atoms with van der Waals surface area (Å²) in [6.07, 6.45) is 1.39. The molecule has 0 atom stereocenters. The number of benzene rings is 2. The summed E-state index contributed by atoms with van der Waals surface area (Å²) in [5.74, 6) is -0.425. The second-order valence-corrected chi connectivity index (χ2v) is 4.14. The van der Waals surface area contributed by atoms with Gasteiger partial charge in [0, 0.05) is 17.8 Å². The average Bonchev–Trinajstić information content (AvgIpc) is 2.48. The van der Waals surface area contributed by atoms with Gasteiger partial charge in [0.05, 0.1) is 16.7 Å². The van der Waals surface area contributed by atoms with Gasteiger partial charge in [0.2, 0.25) is 0 Å². The molecule has 106 valence electrons. The number of nitrogens with one attached hydrogen (secondary N) is 1. The van der Waals surface area contributed by atoms with Crippen LogP contribution in [0.4, 0.5) is 11.4 Å². The highest BCUT2D eigenvalue weighted by molar-refractivity contribution is 5.99. The van der Waals surface area contributed by atoms with Crippen molar-refractivity contribution >= 4 is 23.5 Å². The fourth-order valence-corrected chi connectivity index (χ4v) is 1.61. The molecular formula is C14H12N4O3. The Morgan fingerprint density at radius 1 is 1.19 bits per heavy atom. The Labute approximate surface area is 120 Å². The molecular weight excluding hydrogens is 272 g/mol. The normalized spacial score (nSPS) is 10.5. The maximum Gasteiger partial charge on any atom is 0.273 e.